The fourth-order valence-electron chi connectivity index (χ4n) is 13.9. The average molecular weight is 1750 g/mol. The van der Waals surface area contributed by atoms with Gasteiger partial charge < -0.3 is 56.7 Å². The second-order valence-electron chi connectivity index (χ2n) is 30.5. The Morgan fingerprint density at radius 2 is 0.685 bits per heavy atom. The fraction of sp³-hybridized carbons (Fsp3) is 0.304. The Hall–Kier alpha value is -12.4. The van der Waals surface area contributed by atoms with E-state index in [1.165, 1.54) is 11.6 Å². The third-order valence-corrected chi connectivity index (χ3v) is 27.8. The highest BCUT2D eigenvalue weighted by Gasteiger charge is 2.22. The van der Waals surface area contributed by atoms with Crippen molar-refractivity contribution in [1.29, 1.82) is 19.1 Å². The number of hydrogen-bond donors (Lipinski definition) is 12. The van der Waals surface area contributed by atoms with Crippen LogP contribution in [-0.4, -0.2) is 125 Å². The van der Waals surface area contributed by atoms with Crippen LogP contribution in [0.2, 0.25) is 0 Å². The lowest BCUT2D eigenvalue weighted by atomic mass is 10.0. The van der Waals surface area contributed by atoms with Crippen molar-refractivity contribution < 1.29 is 35.4 Å². The Bertz CT molecular complexity index is 6140. The molecular formula is C92H107FN20O7S4. The summed E-state index contributed by atoms with van der Waals surface area (Å²) in [5.41, 5.74) is 11.3. The van der Waals surface area contributed by atoms with Crippen molar-refractivity contribution in [1.82, 2.24) is 39.9 Å². The molecule has 8 aromatic carbocycles. The van der Waals surface area contributed by atoms with Gasteiger partial charge in [0.1, 0.15) is 34.8 Å². The van der Waals surface area contributed by atoms with Crippen LogP contribution in [-0.2, 0) is 45.3 Å². The smallest absolute Gasteiger partial charge is 0.229 e. The average Bonchev–Trinajstić information content (AvgIpc) is 1.73. The number of nitrogens with zero attached hydrogens (tertiary/aromatic N) is 8. The van der Waals surface area contributed by atoms with Gasteiger partial charge in [-0.05, 0) is 221 Å². The highest BCUT2D eigenvalue weighted by Crippen LogP contribution is 2.37. The van der Waals surface area contributed by atoms with Crippen molar-refractivity contribution in [2.45, 2.75) is 137 Å². The van der Waals surface area contributed by atoms with Crippen molar-refractivity contribution in [2.24, 2.45) is 0 Å². The van der Waals surface area contributed by atoms with E-state index < -0.39 is 44.7 Å². The fourth-order valence-corrected chi connectivity index (χ4v) is 19.7. The highest BCUT2D eigenvalue weighted by atomic mass is 32.2. The molecule has 8 heterocycles. The predicted octanol–water partition coefficient (Wildman–Crippen LogP) is 21.5. The zero-order valence-electron chi connectivity index (χ0n) is 70.3. The van der Waals surface area contributed by atoms with Gasteiger partial charge in [0.25, 0.3) is 0 Å². The van der Waals surface area contributed by atoms with Crippen LogP contribution in [0.25, 0.3) is 44.5 Å². The molecule has 4 aliphatic heterocycles. The van der Waals surface area contributed by atoms with Crippen LogP contribution in [0.1, 0.15) is 111 Å². The molecule has 0 spiro atoms. The molecule has 16 rings (SSSR count). The molecule has 12 N–H and O–H groups in total. The van der Waals surface area contributed by atoms with Gasteiger partial charge in [0.15, 0.2) is 11.6 Å². The maximum Gasteiger partial charge on any atom is 0.229 e. The summed E-state index contributed by atoms with van der Waals surface area (Å²) in [6.07, 6.45) is 17.1. The maximum atomic E-state index is 14.5. The number of aromatic nitrogens is 8. The predicted molar refractivity (Wildman–Crippen MR) is 497 cm³/mol. The van der Waals surface area contributed by atoms with Gasteiger partial charge in [-0.15, -0.1) is 0 Å². The molecule has 16 bridgehead atoms. The first-order valence-electron chi connectivity index (χ1n) is 42.0. The van der Waals surface area contributed by atoms with E-state index >= 15 is 0 Å². The standard InChI is InChI=1S/C23H26FN5O2S.2C23H27N5O2S.C23H27N5OS/c1-2-11-31-21-9-8-16(13-20(21)24)19-15-27-23-28-17-6-5-7-18(14-17)32(25,30)12-4-3-10-26-22(19)29-23;1-16(2)30-19-10-8-17(9-11-19)21-15-26-23-27-18-6-5-7-20(14-18)31(24,29)13-4-3-12-25-22(21)28-23;1-2-13-30-19-10-8-17(9-11-19)21-16-26-23-27-18-6-5-7-20(15-18)31(24,29)14-4-3-12-25-22(21)28-23;1-2-6-17-9-11-18(12-10-17)21-16-26-23-27-19-7-5-8-20(15-19)30(24,29)14-4-3-13-25-22(21)28-23/h5-9,13-15,25H,2-4,10-12H2,1H3,(H2,26,27,28,29);5-11,14-16,24H,3-4,12-13H2,1-2H3,(H2,25,26,27,28);5-11,15-16,24H,2-4,12-14H2,1H3,(H2,25,26,27,28);5,7-12,15-16,24H,2-4,6,13-14H2,1H3,(H2,25,26,27,28). The molecule has 0 saturated heterocycles. The quantitative estimate of drug-likeness (QED) is 0.0481. The van der Waals surface area contributed by atoms with Crippen LogP contribution in [0.3, 0.4) is 0 Å². The monoisotopic (exact) mass is 1750 g/mol. The summed E-state index contributed by atoms with van der Waals surface area (Å²) in [5.74, 6) is 7.32. The summed E-state index contributed by atoms with van der Waals surface area (Å²) in [6.45, 7) is 14.0. The van der Waals surface area contributed by atoms with E-state index in [0.717, 1.165) is 119 Å². The van der Waals surface area contributed by atoms with Crippen LogP contribution in [0.15, 0.2) is 232 Å². The molecule has 648 valence electrons. The minimum Gasteiger partial charge on any atom is -0.494 e. The number of aryl methyl sites for hydroxylation is 1. The van der Waals surface area contributed by atoms with Gasteiger partial charge in [-0.25, -0.2) is 60.3 Å². The van der Waals surface area contributed by atoms with Gasteiger partial charge in [0, 0.05) is 139 Å². The first kappa shape index (κ1) is 89.4. The summed E-state index contributed by atoms with van der Waals surface area (Å²) in [5, 5.41) is 26.2. The van der Waals surface area contributed by atoms with Gasteiger partial charge in [-0.2, -0.15) is 19.9 Å². The summed E-state index contributed by atoms with van der Waals surface area (Å²) >= 11 is 0. The van der Waals surface area contributed by atoms with Crippen molar-refractivity contribution in [3.05, 3.63) is 224 Å². The third kappa shape index (κ3) is 24.5. The molecule has 0 amide bonds. The normalized spacial score (nSPS) is 18.6. The van der Waals surface area contributed by atoms with Crippen LogP contribution in [0.4, 0.5) is 74.2 Å². The third-order valence-electron chi connectivity index (χ3n) is 20.3. The van der Waals surface area contributed by atoms with Crippen LogP contribution in [0, 0.1) is 24.9 Å². The van der Waals surface area contributed by atoms with Crippen LogP contribution in [0.5, 0.6) is 17.2 Å². The molecular weight excluding hydrogens is 1640 g/mol. The van der Waals surface area contributed by atoms with E-state index in [1.54, 1.807) is 97.5 Å². The molecule has 124 heavy (non-hydrogen) atoms. The van der Waals surface area contributed by atoms with E-state index in [0.29, 0.717) is 165 Å². The number of halogens is 1. The zero-order chi connectivity index (χ0) is 87.1. The maximum absolute atomic E-state index is 14.5. The highest BCUT2D eigenvalue weighted by molar-refractivity contribution is 7.93. The SMILES string of the molecule is CC(C)Oc1ccc(-c2cnc3nc2NCCCCS(=N)(=O)c2cccc(c2)N3)cc1.CCCOc1ccc(-c2cnc3nc2NCCCCS(=N)(=O)c2cccc(c2)N3)cc1.CCCOc1ccc(-c2cnc3nc2NCCCCS(=N)(=O)c2cccc(c2)N3)cc1F.CCCc1ccc(-c2cnc3nc2NCCCCS(=N)(=O)c2cccc(c2)N3)cc1. The molecule has 27 nitrogen and oxygen atoms in total. The van der Waals surface area contributed by atoms with Gasteiger partial charge in [-0.3, -0.25) is 0 Å². The Balaban J connectivity index is 0.000000142. The van der Waals surface area contributed by atoms with Gasteiger partial charge in [0.05, 0.1) is 58.2 Å². The van der Waals surface area contributed by atoms with E-state index in [9.17, 15) is 21.2 Å². The van der Waals surface area contributed by atoms with E-state index in [4.69, 9.17) is 48.3 Å². The van der Waals surface area contributed by atoms with Crippen LogP contribution < -0.4 is 56.7 Å². The van der Waals surface area contributed by atoms with Crippen molar-refractivity contribution in [3.8, 4) is 61.8 Å². The number of hydrogen-bond acceptors (Lipinski definition) is 27. The summed E-state index contributed by atoms with van der Waals surface area (Å²) < 4.78 is 116. The van der Waals surface area contributed by atoms with Crippen LogP contribution >= 0.6 is 0 Å². The molecule has 0 fully saturated rings. The lowest BCUT2D eigenvalue weighted by molar-refractivity contribution is 0.242. The lowest BCUT2D eigenvalue weighted by Crippen LogP contribution is -2.09. The Kier molecular flexibility index (Phi) is 30.4. The van der Waals surface area contributed by atoms with Crippen molar-refractivity contribution in [2.75, 3.05) is 105 Å². The zero-order valence-corrected chi connectivity index (χ0v) is 73.6. The number of benzene rings is 8. The number of ether oxygens (including phenoxy) is 3. The second-order valence-corrected chi connectivity index (χ2v) is 39.4. The molecule has 4 atom stereocenters. The molecule has 0 radical (unpaired) electrons. The number of anilines is 12. The molecule has 0 aliphatic carbocycles. The van der Waals surface area contributed by atoms with Gasteiger partial charge in [0.2, 0.25) is 23.8 Å². The first-order chi connectivity index (χ1) is 60.0. The minimum absolute atomic E-state index is 0.122. The number of nitrogens with one attached hydrogen (secondary N) is 12. The van der Waals surface area contributed by atoms with E-state index in [1.807, 2.05) is 106 Å². The Morgan fingerprint density at radius 1 is 0.371 bits per heavy atom. The van der Waals surface area contributed by atoms with Crippen molar-refractivity contribution >= 4 is 109 Å². The summed E-state index contributed by atoms with van der Waals surface area (Å²) in [6, 6.07) is 57.8. The first-order valence-corrected chi connectivity index (χ1v) is 48.9. The molecule has 0 saturated carbocycles. The lowest BCUT2D eigenvalue weighted by Gasteiger charge is -2.14. The largest absolute Gasteiger partial charge is 0.494 e. The minimum atomic E-state index is -2.86. The van der Waals surface area contributed by atoms with E-state index in [-0.39, 0.29) is 11.9 Å². The van der Waals surface area contributed by atoms with E-state index in [2.05, 4.69) is 106 Å². The second kappa shape index (κ2) is 42.1. The molecule has 12 aromatic rings. The molecule has 4 aliphatic rings. The Morgan fingerprint density at radius 3 is 1.01 bits per heavy atom. The summed E-state index contributed by atoms with van der Waals surface area (Å²) in [7, 11) is -11.3. The molecule has 4 aromatic heterocycles. The van der Waals surface area contributed by atoms with Gasteiger partial charge >= 0.3 is 0 Å². The topological polar surface area (TPSA) is 391 Å². The van der Waals surface area contributed by atoms with Crippen molar-refractivity contribution in [3.63, 3.8) is 0 Å². The number of fused-ring (bicyclic) bond motifs is 16. The number of rotatable bonds is 14. The van der Waals surface area contributed by atoms with Gasteiger partial charge in [-0.1, -0.05) is 106 Å². The molecule has 32 heteroatoms. The summed E-state index contributed by atoms with van der Waals surface area (Å²) in [4.78, 5) is 38.7. The Labute approximate surface area is 726 Å². The molecule has 4 unspecified atom stereocenters.